The molecule has 1 unspecified atom stereocenters. The lowest BCUT2D eigenvalue weighted by Crippen LogP contribution is -2.27. The van der Waals surface area contributed by atoms with Crippen LogP contribution in [0.1, 0.15) is 44.3 Å². The summed E-state index contributed by atoms with van der Waals surface area (Å²) in [6, 6.07) is 14.6. The molecule has 0 spiro atoms. The van der Waals surface area contributed by atoms with Crippen LogP contribution in [-0.2, 0) is 11.2 Å². The van der Waals surface area contributed by atoms with Crippen LogP contribution >= 0.6 is 0 Å². The van der Waals surface area contributed by atoms with Gasteiger partial charge in [0.1, 0.15) is 0 Å². The predicted molar refractivity (Wildman–Crippen MR) is 82.8 cm³/mol. The fourth-order valence-corrected chi connectivity index (χ4v) is 2.83. The van der Waals surface area contributed by atoms with Gasteiger partial charge in [0.2, 0.25) is 0 Å². The molecule has 0 saturated carbocycles. The molecule has 0 fully saturated rings. The van der Waals surface area contributed by atoms with E-state index in [1.807, 2.05) is 30.3 Å². The summed E-state index contributed by atoms with van der Waals surface area (Å²) in [6.07, 6.45) is 1.75. The molecule has 1 atom stereocenters. The molecule has 0 aromatic heterocycles. The predicted octanol–water partition coefficient (Wildman–Crippen LogP) is 2.89. The van der Waals surface area contributed by atoms with Crippen molar-refractivity contribution in [1.29, 1.82) is 0 Å². The molecule has 1 aliphatic carbocycles. The highest BCUT2D eigenvalue weighted by Gasteiger charge is 2.25. The molecule has 0 saturated heterocycles. The van der Waals surface area contributed by atoms with Crippen molar-refractivity contribution in [2.24, 2.45) is 0 Å². The molecule has 112 valence electrons. The Morgan fingerprint density at radius 2 is 1.86 bits per heavy atom. The molecule has 0 radical (unpaired) electrons. The third-order valence-corrected chi connectivity index (χ3v) is 3.99. The minimum atomic E-state index is -0.358. The summed E-state index contributed by atoms with van der Waals surface area (Å²) in [7, 11) is 1.37. The number of methoxy groups -OCH3 is 1. The van der Waals surface area contributed by atoms with Crippen LogP contribution in [0.2, 0.25) is 0 Å². The van der Waals surface area contributed by atoms with Crippen LogP contribution in [0.3, 0.4) is 0 Å². The van der Waals surface area contributed by atoms with Crippen LogP contribution in [0, 0.1) is 0 Å². The SMILES string of the molecule is COC(=O)c1ccc2c(c1)C(NC(=O)c1ccccc1)CC2. The van der Waals surface area contributed by atoms with E-state index in [-0.39, 0.29) is 17.9 Å². The molecule has 0 bridgehead atoms. The molecule has 0 aliphatic heterocycles. The van der Waals surface area contributed by atoms with Crippen LogP contribution in [0.4, 0.5) is 0 Å². The minimum Gasteiger partial charge on any atom is -0.465 e. The molecule has 1 amide bonds. The molecule has 2 aromatic rings. The van der Waals surface area contributed by atoms with E-state index in [0.717, 1.165) is 18.4 Å². The highest BCUT2D eigenvalue weighted by molar-refractivity contribution is 5.94. The second-order valence-electron chi connectivity index (χ2n) is 5.34. The molecule has 2 aromatic carbocycles. The van der Waals surface area contributed by atoms with Crippen molar-refractivity contribution >= 4 is 11.9 Å². The number of fused-ring (bicyclic) bond motifs is 1. The van der Waals surface area contributed by atoms with Crippen LogP contribution in [0.15, 0.2) is 48.5 Å². The van der Waals surface area contributed by atoms with Crippen molar-refractivity contribution < 1.29 is 14.3 Å². The van der Waals surface area contributed by atoms with Gasteiger partial charge in [0.15, 0.2) is 0 Å². The maximum absolute atomic E-state index is 12.3. The number of carbonyl (C=O) groups excluding carboxylic acids is 2. The summed E-state index contributed by atoms with van der Waals surface area (Å²) in [6.45, 7) is 0. The number of nitrogens with one attached hydrogen (secondary N) is 1. The normalized spacial score (nSPS) is 16.0. The van der Waals surface area contributed by atoms with Gasteiger partial charge in [0.05, 0.1) is 18.7 Å². The lowest BCUT2D eigenvalue weighted by atomic mass is 10.0. The Kier molecular flexibility index (Phi) is 3.92. The van der Waals surface area contributed by atoms with E-state index in [1.165, 1.54) is 12.7 Å². The van der Waals surface area contributed by atoms with E-state index in [0.29, 0.717) is 11.1 Å². The highest BCUT2D eigenvalue weighted by Crippen LogP contribution is 2.32. The number of aryl methyl sites for hydroxylation is 1. The summed E-state index contributed by atoms with van der Waals surface area (Å²) in [5, 5.41) is 3.04. The first-order valence-corrected chi connectivity index (χ1v) is 7.26. The number of carbonyl (C=O) groups is 2. The Hall–Kier alpha value is -2.62. The first kappa shape index (κ1) is 14.3. The Bertz CT molecular complexity index is 710. The third kappa shape index (κ3) is 2.72. The van der Waals surface area contributed by atoms with Crippen LogP contribution in [-0.4, -0.2) is 19.0 Å². The van der Waals surface area contributed by atoms with Gasteiger partial charge < -0.3 is 10.1 Å². The summed E-state index contributed by atoms with van der Waals surface area (Å²) >= 11 is 0. The van der Waals surface area contributed by atoms with Gasteiger partial charge in [0.25, 0.3) is 5.91 Å². The molecule has 1 N–H and O–H groups in total. The molecule has 0 heterocycles. The van der Waals surface area contributed by atoms with Crippen molar-refractivity contribution in [3.05, 3.63) is 70.8 Å². The van der Waals surface area contributed by atoms with Crippen molar-refractivity contribution in [1.82, 2.24) is 5.32 Å². The molecule has 1 aliphatic rings. The van der Waals surface area contributed by atoms with Gasteiger partial charge in [-0.3, -0.25) is 4.79 Å². The quantitative estimate of drug-likeness (QED) is 0.886. The number of rotatable bonds is 3. The molecular weight excluding hydrogens is 278 g/mol. The van der Waals surface area contributed by atoms with Gasteiger partial charge in [-0.1, -0.05) is 24.3 Å². The van der Waals surface area contributed by atoms with Gasteiger partial charge in [-0.15, -0.1) is 0 Å². The number of ether oxygens (including phenoxy) is 1. The zero-order valence-corrected chi connectivity index (χ0v) is 12.3. The van der Waals surface area contributed by atoms with E-state index >= 15 is 0 Å². The van der Waals surface area contributed by atoms with Gasteiger partial charge in [-0.2, -0.15) is 0 Å². The van der Waals surface area contributed by atoms with E-state index in [4.69, 9.17) is 4.74 Å². The smallest absolute Gasteiger partial charge is 0.337 e. The Balaban J connectivity index is 1.81. The van der Waals surface area contributed by atoms with Crippen LogP contribution in [0.25, 0.3) is 0 Å². The lowest BCUT2D eigenvalue weighted by Gasteiger charge is -2.15. The molecule has 22 heavy (non-hydrogen) atoms. The zero-order valence-electron chi connectivity index (χ0n) is 12.3. The van der Waals surface area contributed by atoms with Crippen molar-refractivity contribution in [2.75, 3.05) is 7.11 Å². The molecule has 4 heteroatoms. The third-order valence-electron chi connectivity index (χ3n) is 3.99. The number of hydrogen-bond donors (Lipinski definition) is 1. The van der Waals surface area contributed by atoms with Crippen molar-refractivity contribution in [2.45, 2.75) is 18.9 Å². The Morgan fingerprint density at radius 1 is 1.09 bits per heavy atom. The van der Waals surface area contributed by atoms with Gasteiger partial charge >= 0.3 is 5.97 Å². The molecular formula is C18H17NO3. The number of hydrogen-bond acceptors (Lipinski definition) is 3. The van der Waals surface area contributed by atoms with E-state index in [9.17, 15) is 9.59 Å². The van der Waals surface area contributed by atoms with E-state index in [2.05, 4.69) is 5.32 Å². The second-order valence-corrected chi connectivity index (χ2v) is 5.34. The fourth-order valence-electron chi connectivity index (χ4n) is 2.83. The van der Waals surface area contributed by atoms with Crippen LogP contribution in [0.5, 0.6) is 0 Å². The summed E-state index contributed by atoms with van der Waals surface area (Å²) in [4.78, 5) is 23.9. The summed E-state index contributed by atoms with van der Waals surface area (Å²) in [5.74, 6) is -0.454. The number of amides is 1. The standard InChI is InChI=1S/C18H17NO3/c1-22-18(21)14-8-7-12-9-10-16(15(12)11-14)19-17(20)13-5-3-2-4-6-13/h2-8,11,16H,9-10H2,1H3,(H,19,20). The minimum absolute atomic E-state index is 0.0627. The maximum atomic E-state index is 12.3. The number of benzene rings is 2. The van der Waals surface area contributed by atoms with Gasteiger partial charge in [-0.25, -0.2) is 4.79 Å². The maximum Gasteiger partial charge on any atom is 0.337 e. The number of esters is 1. The average Bonchev–Trinajstić information content (AvgIpc) is 2.97. The fraction of sp³-hybridized carbons (Fsp3) is 0.222. The average molecular weight is 295 g/mol. The lowest BCUT2D eigenvalue weighted by molar-refractivity contribution is 0.0600. The monoisotopic (exact) mass is 295 g/mol. The van der Waals surface area contributed by atoms with Crippen molar-refractivity contribution in [3.63, 3.8) is 0 Å². The summed E-state index contributed by atoms with van der Waals surface area (Å²) in [5.41, 5.74) is 3.33. The van der Waals surface area contributed by atoms with E-state index in [1.54, 1.807) is 18.2 Å². The van der Waals surface area contributed by atoms with Crippen LogP contribution < -0.4 is 5.32 Å². The molecule has 3 rings (SSSR count). The first-order chi connectivity index (χ1) is 10.7. The topological polar surface area (TPSA) is 55.4 Å². The Morgan fingerprint density at radius 3 is 2.59 bits per heavy atom. The van der Waals surface area contributed by atoms with E-state index < -0.39 is 0 Å². The largest absolute Gasteiger partial charge is 0.465 e. The zero-order chi connectivity index (χ0) is 15.5. The summed E-state index contributed by atoms with van der Waals surface area (Å²) < 4.78 is 4.76. The molecule has 4 nitrogen and oxygen atoms in total. The Labute approximate surface area is 129 Å². The first-order valence-electron chi connectivity index (χ1n) is 7.26. The second kappa shape index (κ2) is 6.02. The van der Waals surface area contributed by atoms with Gasteiger partial charge in [-0.05, 0) is 48.2 Å². The van der Waals surface area contributed by atoms with Crippen molar-refractivity contribution in [3.8, 4) is 0 Å². The van der Waals surface area contributed by atoms with Gasteiger partial charge in [0, 0.05) is 5.56 Å². The highest BCUT2D eigenvalue weighted by atomic mass is 16.5.